The Bertz CT molecular complexity index is 524. The molecule has 2 aromatic carbocycles. The molecule has 0 spiro atoms. The number of para-hydroxylation sites is 1. The molecule has 0 saturated heterocycles. The van der Waals surface area contributed by atoms with E-state index < -0.39 is 0 Å². The highest BCUT2D eigenvalue weighted by molar-refractivity contribution is 7.99. The van der Waals surface area contributed by atoms with E-state index >= 15 is 0 Å². The molecule has 0 unspecified atom stereocenters. The van der Waals surface area contributed by atoms with Gasteiger partial charge in [-0.2, -0.15) is 0 Å². The number of halogens is 1. The van der Waals surface area contributed by atoms with Crippen LogP contribution >= 0.6 is 23.4 Å². The van der Waals surface area contributed by atoms with Gasteiger partial charge in [0.2, 0.25) is 0 Å². The molecule has 0 N–H and O–H groups in total. The van der Waals surface area contributed by atoms with Gasteiger partial charge in [0.25, 0.3) is 0 Å². The molecule has 0 atom stereocenters. The van der Waals surface area contributed by atoms with E-state index in [-0.39, 0.29) is 0 Å². The van der Waals surface area contributed by atoms with Crippen LogP contribution in [0.3, 0.4) is 0 Å². The third kappa shape index (κ3) is 2.28. The fourth-order valence-electron chi connectivity index (χ4n) is 2.00. The lowest BCUT2D eigenvalue weighted by molar-refractivity contribution is 0.908. The lowest BCUT2D eigenvalue weighted by atomic mass is 10.2. The zero-order valence-corrected chi connectivity index (χ0v) is 10.8. The van der Waals surface area contributed by atoms with Gasteiger partial charge in [-0.3, -0.25) is 0 Å². The van der Waals surface area contributed by atoms with Gasteiger partial charge in [0.1, 0.15) is 0 Å². The van der Waals surface area contributed by atoms with Crippen LogP contribution in [0.25, 0.3) is 0 Å². The van der Waals surface area contributed by atoms with E-state index in [2.05, 4.69) is 41.3 Å². The van der Waals surface area contributed by atoms with Gasteiger partial charge in [-0.05, 0) is 29.8 Å². The van der Waals surface area contributed by atoms with Gasteiger partial charge >= 0.3 is 0 Å². The van der Waals surface area contributed by atoms with E-state index in [9.17, 15) is 0 Å². The van der Waals surface area contributed by atoms with Crippen LogP contribution in [0.15, 0.2) is 53.4 Å². The van der Waals surface area contributed by atoms with Crippen molar-refractivity contribution in [1.29, 1.82) is 0 Å². The fourth-order valence-corrected chi connectivity index (χ4v) is 3.17. The summed E-state index contributed by atoms with van der Waals surface area (Å²) in [6.07, 6.45) is 0. The highest BCUT2D eigenvalue weighted by atomic mass is 35.5. The molecule has 0 radical (unpaired) electrons. The van der Waals surface area contributed by atoms with E-state index in [1.54, 1.807) is 0 Å². The van der Waals surface area contributed by atoms with Crippen molar-refractivity contribution < 1.29 is 0 Å². The minimum atomic E-state index is 0.796. The number of hydrogen-bond acceptors (Lipinski definition) is 2. The number of benzene rings is 2. The lowest BCUT2D eigenvalue weighted by Gasteiger charge is -2.18. The monoisotopic (exact) mass is 261 g/mol. The van der Waals surface area contributed by atoms with Crippen molar-refractivity contribution in [3.8, 4) is 0 Å². The summed E-state index contributed by atoms with van der Waals surface area (Å²) in [6.45, 7) is 0.946. The quantitative estimate of drug-likeness (QED) is 0.788. The number of anilines is 1. The molecule has 1 aliphatic heterocycles. The van der Waals surface area contributed by atoms with Crippen molar-refractivity contribution in [3.63, 3.8) is 0 Å². The van der Waals surface area contributed by atoms with E-state index in [1.165, 1.54) is 16.1 Å². The van der Waals surface area contributed by atoms with Gasteiger partial charge in [-0.1, -0.05) is 35.9 Å². The van der Waals surface area contributed by atoms with Crippen LogP contribution in [-0.2, 0) is 6.54 Å². The molecule has 17 heavy (non-hydrogen) atoms. The summed E-state index contributed by atoms with van der Waals surface area (Å²) in [4.78, 5) is 3.77. The molecule has 0 aromatic heterocycles. The molecule has 86 valence electrons. The molecule has 3 heteroatoms. The number of rotatable bonds is 2. The SMILES string of the molecule is Clc1ccc(CN2CSc3ccccc32)cc1. The first-order valence-corrected chi connectivity index (χ1v) is 6.90. The second kappa shape index (κ2) is 4.63. The van der Waals surface area contributed by atoms with Gasteiger partial charge in [-0.15, -0.1) is 11.8 Å². The van der Waals surface area contributed by atoms with Crippen molar-refractivity contribution in [2.45, 2.75) is 11.4 Å². The highest BCUT2D eigenvalue weighted by Crippen LogP contribution is 2.38. The summed E-state index contributed by atoms with van der Waals surface area (Å²) < 4.78 is 0. The molecule has 0 saturated carbocycles. The topological polar surface area (TPSA) is 3.24 Å². The van der Waals surface area contributed by atoms with Crippen LogP contribution in [-0.4, -0.2) is 5.88 Å². The molecule has 0 amide bonds. The van der Waals surface area contributed by atoms with Crippen molar-refractivity contribution in [3.05, 3.63) is 59.1 Å². The molecule has 0 fully saturated rings. The first kappa shape index (κ1) is 11.0. The van der Waals surface area contributed by atoms with Crippen LogP contribution in [0.5, 0.6) is 0 Å². The zero-order valence-electron chi connectivity index (χ0n) is 9.27. The summed E-state index contributed by atoms with van der Waals surface area (Å²) in [5.74, 6) is 1.03. The minimum absolute atomic E-state index is 0.796. The highest BCUT2D eigenvalue weighted by Gasteiger charge is 2.18. The molecule has 1 nitrogen and oxygen atoms in total. The van der Waals surface area contributed by atoms with E-state index in [1.807, 2.05) is 23.9 Å². The standard InChI is InChI=1S/C14H12ClNS/c15-12-7-5-11(6-8-12)9-16-10-17-14-4-2-1-3-13(14)16/h1-8H,9-10H2. The maximum absolute atomic E-state index is 5.89. The van der Waals surface area contributed by atoms with Crippen molar-refractivity contribution in [1.82, 2.24) is 0 Å². The smallest absolute Gasteiger partial charge is 0.0690 e. The Morgan fingerprint density at radius 2 is 1.82 bits per heavy atom. The number of nitrogens with zero attached hydrogens (tertiary/aromatic N) is 1. The molecule has 3 rings (SSSR count). The van der Waals surface area contributed by atoms with Gasteiger partial charge in [0.15, 0.2) is 0 Å². The van der Waals surface area contributed by atoms with Crippen LogP contribution in [0, 0.1) is 0 Å². The first-order chi connectivity index (χ1) is 8.33. The van der Waals surface area contributed by atoms with Crippen LogP contribution in [0.1, 0.15) is 5.56 Å². The van der Waals surface area contributed by atoms with Gasteiger partial charge < -0.3 is 4.90 Å². The predicted octanol–water partition coefficient (Wildman–Crippen LogP) is 4.41. The lowest BCUT2D eigenvalue weighted by Crippen LogP contribution is -2.17. The molecular formula is C14H12ClNS. The molecule has 0 bridgehead atoms. The van der Waals surface area contributed by atoms with Crippen molar-refractivity contribution >= 4 is 29.1 Å². The Morgan fingerprint density at radius 1 is 1.06 bits per heavy atom. The van der Waals surface area contributed by atoms with Crippen LogP contribution in [0.2, 0.25) is 5.02 Å². The van der Waals surface area contributed by atoms with Gasteiger partial charge in [0, 0.05) is 16.5 Å². The Morgan fingerprint density at radius 3 is 2.65 bits per heavy atom. The summed E-state index contributed by atoms with van der Waals surface area (Å²) >= 11 is 7.79. The average Bonchev–Trinajstić information content (AvgIpc) is 2.76. The maximum atomic E-state index is 5.89. The Hall–Kier alpha value is -1.12. The Labute approximate surface area is 110 Å². The molecule has 2 aromatic rings. The van der Waals surface area contributed by atoms with E-state index in [4.69, 9.17) is 11.6 Å². The summed E-state index contributed by atoms with van der Waals surface area (Å²) in [5.41, 5.74) is 2.64. The third-order valence-corrected chi connectivity index (χ3v) is 4.22. The van der Waals surface area contributed by atoms with Crippen LogP contribution in [0.4, 0.5) is 5.69 Å². The second-order valence-corrected chi connectivity index (χ2v) is 5.49. The number of hydrogen-bond donors (Lipinski definition) is 0. The molecule has 1 heterocycles. The average molecular weight is 262 g/mol. The summed E-state index contributed by atoms with van der Waals surface area (Å²) in [7, 11) is 0. The van der Waals surface area contributed by atoms with Crippen molar-refractivity contribution in [2.75, 3.05) is 10.8 Å². The van der Waals surface area contributed by atoms with Gasteiger partial charge in [0.05, 0.1) is 11.6 Å². The fraction of sp³-hybridized carbons (Fsp3) is 0.143. The third-order valence-electron chi connectivity index (χ3n) is 2.87. The molecule has 1 aliphatic rings. The van der Waals surface area contributed by atoms with Gasteiger partial charge in [-0.25, -0.2) is 0 Å². The first-order valence-electron chi connectivity index (χ1n) is 5.54. The molecular weight excluding hydrogens is 250 g/mol. The summed E-state index contributed by atoms with van der Waals surface area (Å²) in [5, 5.41) is 0.796. The Balaban J connectivity index is 1.81. The zero-order chi connectivity index (χ0) is 11.7. The summed E-state index contributed by atoms with van der Waals surface area (Å²) in [6, 6.07) is 16.6. The maximum Gasteiger partial charge on any atom is 0.0690 e. The normalized spacial score (nSPS) is 13.8. The largest absolute Gasteiger partial charge is 0.357 e. The Kier molecular flexibility index (Phi) is 3.00. The van der Waals surface area contributed by atoms with E-state index in [0.29, 0.717) is 0 Å². The molecule has 0 aliphatic carbocycles. The second-order valence-electron chi connectivity index (χ2n) is 4.07. The predicted molar refractivity (Wildman–Crippen MR) is 74.8 cm³/mol. The minimum Gasteiger partial charge on any atom is -0.357 e. The van der Waals surface area contributed by atoms with Crippen LogP contribution < -0.4 is 4.90 Å². The van der Waals surface area contributed by atoms with E-state index in [0.717, 1.165) is 17.4 Å². The number of thioether (sulfide) groups is 1. The van der Waals surface area contributed by atoms with Crippen molar-refractivity contribution in [2.24, 2.45) is 0 Å². The number of fused-ring (bicyclic) bond motifs is 1.